The third-order valence-electron chi connectivity index (χ3n) is 6.58. The van der Waals surface area contributed by atoms with E-state index in [2.05, 4.69) is 113 Å². The molecule has 0 radical (unpaired) electrons. The van der Waals surface area contributed by atoms with E-state index in [0.717, 1.165) is 13.0 Å². The Morgan fingerprint density at radius 2 is 1.45 bits per heavy atom. The molecule has 3 N–H and O–H groups in total. The monoisotopic (exact) mass is 463 g/mol. The summed E-state index contributed by atoms with van der Waals surface area (Å²) in [4.78, 5) is 0. The summed E-state index contributed by atoms with van der Waals surface area (Å²) in [5.41, 5.74) is 5.75. The number of benzene rings is 2. The van der Waals surface area contributed by atoms with Crippen LogP contribution in [0.4, 0.5) is 0 Å². The number of thiocarbonyl (C=S) groups is 1. The van der Waals surface area contributed by atoms with Gasteiger partial charge in [-0.1, -0.05) is 96.1 Å². The first-order valence-corrected chi connectivity index (χ1v) is 12.5. The van der Waals surface area contributed by atoms with Crippen LogP contribution in [-0.4, -0.2) is 30.3 Å². The van der Waals surface area contributed by atoms with E-state index in [1.54, 1.807) is 0 Å². The Balaban J connectivity index is 1.86. The molecule has 1 aliphatic rings. The summed E-state index contributed by atoms with van der Waals surface area (Å²) in [6.45, 7) is 18.9. The average molecular weight is 464 g/mol. The van der Waals surface area contributed by atoms with Crippen molar-refractivity contribution in [2.75, 3.05) is 13.1 Å². The van der Waals surface area contributed by atoms with Crippen LogP contribution < -0.4 is 16.0 Å². The van der Waals surface area contributed by atoms with Gasteiger partial charge in [-0.15, -0.1) is 6.58 Å². The van der Waals surface area contributed by atoms with E-state index < -0.39 is 0 Å². The summed E-state index contributed by atoms with van der Waals surface area (Å²) in [5.74, 6) is 0.287. The van der Waals surface area contributed by atoms with E-state index >= 15 is 0 Å². The van der Waals surface area contributed by atoms with Gasteiger partial charge < -0.3 is 16.0 Å². The van der Waals surface area contributed by atoms with Gasteiger partial charge in [0.25, 0.3) is 0 Å². The molecule has 3 rings (SSSR count). The molecule has 4 heteroatoms. The van der Waals surface area contributed by atoms with E-state index in [0.29, 0.717) is 23.7 Å². The lowest BCUT2D eigenvalue weighted by Gasteiger charge is -2.28. The van der Waals surface area contributed by atoms with Crippen LogP contribution in [0.15, 0.2) is 61.2 Å². The van der Waals surface area contributed by atoms with Gasteiger partial charge in [0.2, 0.25) is 0 Å². The zero-order valence-electron chi connectivity index (χ0n) is 21.2. The van der Waals surface area contributed by atoms with Gasteiger partial charge in [0.15, 0.2) is 5.11 Å². The standard InChI is InChI=1S/C29H41N3S/c1-8-17-30-27(33)32-24-18-25(31-19-24)26(20-9-13-22(14-10-20)28(2,3)4)21-11-15-23(16-12-21)29(5,6)7/h8-16,24-26,31H,1,17-19H2,2-7H3,(H2,30,32,33). The second-order valence-corrected chi connectivity index (χ2v) is 11.7. The molecule has 0 amide bonds. The lowest BCUT2D eigenvalue weighted by Crippen LogP contribution is -2.42. The fraction of sp³-hybridized carbons (Fsp3) is 0.483. The number of rotatable bonds is 6. The van der Waals surface area contributed by atoms with Crippen LogP contribution in [0.2, 0.25) is 0 Å². The summed E-state index contributed by atoms with van der Waals surface area (Å²) >= 11 is 5.45. The molecule has 1 saturated heterocycles. The summed E-state index contributed by atoms with van der Waals surface area (Å²) in [6.07, 6.45) is 2.84. The second kappa shape index (κ2) is 10.4. The molecule has 1 heterocycles. The molecule has 3 nitrogen and oxygen atoms in total. The normalized spacial score (nSPS) is 18.9. The van der Waals surface area contributed by atoms with Crippen LogP contribution >= 0.6 is 12.2 Å². The fourth-order valence-corrected chi connectivity index (χ4v) is 4.82. The number of hydrogen-bond acceptors (Lipinski definition) is 2. The van der Waals surface area contributed by atoms with Gasteiger partial charge in [-0.25, -0.2) is 0 Å². The molecule has 2 aromatic rings. The van der Waals surface area contributed by atoms with E-state index in [1.807, 2.05) is 6.08 Å². The molecule has 1 fully saturated rings. The summed E-state index contributed by atoms with van der Waals surface area (Å²) in [7, 11) is 0. The van der Waals surface area contributed by atoms with Crippen molar-refractivity contribution in [2.45, 2.75) is 76.8 Å². The minimum atomic E-state index is 0.150. The van der Waals surface area contributed by atoms with Crippen LogP contribution in [0.5, 0.6) is 0 Å². The van der Waals surface area contributed by atoms with Crippen molar-refractivity contribution in [3.8, 4) is 0 Å². The Kier molecular flexibility index (Phi) is 8.02. The topological polar surface area (TPSA) is 36.1 Å². The van der Waals surface area contributed by atoms with Crippen LogP contribution in [0, 0.1) is 0 Å². The summed E-state index contributed by atoms with van der Waals surface area (Å²) < 4.78 is 0. The molecule has 0 saturated carbocycles. The highest BCUT2D eigenvalue weighted by molar-refractivity contribution is 7.80. The minimum Gasteiger partial charge on any atom is -0.359 e. The van der Waals surface area contributed by atoms with Gasteiger partial charge in [0, 0.05) is 31.1 Å². The van der Waals surface area contributed by atoms with Gasteiger partial charge in [0.05, 0.1) is 0 Å². The van der Waals surface area contributed by atoms with Crippen molar-refractivity contribution in [3.63, 3.8) is 0 Å². The molecule has 2 aromatic carbocycles. The predicted molar refractivity (Wildman–Crippen MR) is 146 cm³/mol. The zero-order chi connectivity index (χ0) is 24.2. The Labute approximate surface area is 206 Å². The Hall–Kier alpha value is -2.17. The van der Waals surface area contributed by atoms with Crippen molar-refractivity contribution in [1.29, 1.82) is 0 Å². The minimum absolute atomic E-state index is 0.150. The number of nitrogens with one attached hydrogen (secondary N) is 3. The van der Waals surface area contributed by atoms with E-state index in [-0.39, 0.29) is 16.7 Å². The fourth-order valence-electron chi connectivity index (χ4n) is 4.57. The highest BCUT2D eigenvalue weighted by Crippen LogP contribution is 2.35. The van der Waals surface area contributed by atoms with Crippen molar-refractivity contribution in [1.82, 2.24) is 16.0 Å². The van der Waals surface area contributed by atoms with Crippen LogP contribution in [0.1, 0.15) is 76.1 Å². The maximum atomic E-state index is 5.45. The maximum Gasteiger partial charge on any atom is 0.166 e. The van der Waals surface area contributed by atoms with E-state index in [4.69, 9.17) is 12.2 Å². The molecule has 2 unspecified atom stereocenters. The van der Waals surface area contributed by atoms with Crippen LogP contribution in [0.3, 0.4) is 0 Å². The van der Waals surface area contributed by atoms with Crippen molar-refractivity contribution >= 4 is 17.3 Å². The molecule has 1 aliphatic heterocycles. The van der Waals surface area contributed by atoms with Gasteiger partial charge in [-0.05, 0) is 51.7 Å². The molecule has 178 valence electrons. The van der Waals surface area contributed by atoms with Gasteiger partial charge in [-0.3, -0.25) is 0 Å². The average Bonchev–Trinajstić information content (AvgIpc) is 3.19. The van der Waals surface area contributed by atoms with Crippen molar-refractivity contribution < 1.29 is 0 Å². The lowest BCUT2D eigenvalue weighted by molar-refractivity contribution is 0.529. The lowest BCUT2D eigenvalue weighted by atomic mass is 9.80. The third-order valence-corrected chi connectivity index (χ3v) is 6.84. The van der Waals surface area contributed by atoms with Crippen molar-refractivity contribution in [2.24, 2.45) is 0 Å². The first-order valence-electron chi connectivity index (χ1n) is 12.1. The Morgan fingerprint density at radius 3 is 1.88 bits per heavy atom. The summed E-state index contributed by atoms with van der Waals surface area (Å²) in [5, 5.41) is 11.1. The van der Waals surface area contributed by atoms with Crippen LogP contribution in [0.25, 0.3) is 0 Å². The molecule has 33 heavy (non-hydrogen) atoms. The predicted octanol–water partition coefficient (Wildman–Crippen LogP) is 5.79. The molecular weight excluding hydrogens is 422 g/mol. The third kappa shape index (κ3) is 6.68. The Bertz CT molecular complexity index is 875. The first-order chi connectivity index (χ1) is 15.5. The Morgan fingerprint density at radius 1 is 0.970 bits per heavy atom. The largest absolute Gasteiger partial charge is 0.359 e. The highest BCUT2D eigenvalue weighted by Gasteiger charge is 2.33. The maximum absolute atomic E-state index is 5.45. The molecular formula is C29H41N3S. The van der Waals surface area contributed by atoms with Gasteiger partial charge in [-0.2, -0.15) is 0 Å². The SMILES string of the molecule is C=CCNC(=S)NC1CNC(C(c2ccc(C(C)(C)C)cc2)c2ccc(C(C)(C)C)cc2)C1. The molecule has 0 aromatic heterocycles. The molecule has 0 aliphatic carbocycles. The number of hydrogen-bond donors (Lipinski definition) is 3. The quantitative estimate of drug-likeness (QED) is 0.374. The van der Waals surface area contributed by atoms with Gasteiger partial charge in [0.1, 0.15) is 0 Å². The molecule has 0 bridgehead atoms. The molecule has 0 spiro atoms. The summed E-state index contributed by atoms with van der Waals surface area (Å²) in [6, 6.07) is 19.1. The van der Waals surface area contributed by atoms with Crippen LogP contribution in [-0.2, 0) is 10.8 Å². The van der Waals surface area contributed by atoms with Gasteiger partial charge >= 0.3 is 0 Å². The highest BCUT2D eigenvalue weighted by atomic mass is 32.1. The zero-order valence-corrected chi connectivity index (χ0v) is 22.0. The van der Waals surface area contributed by atoms with Crippen molar-refractivity contribution in [3.05, 3.63) is 83.4 Å². The molecule has 2 atom stereocenters. The van der Waals surface area contributed by atoms with E-state index in [1.165, 1.54) is 22.3 Å². The second-order valence-electron chi connectivity index (χ2n) is 11.3. The smallest absolute Gasteiger partial charge is 0.166 e. The first kappa shape index (κ1) is 25.5. The van der Waals surface area contributed by atoms with E-state index in [9.17, 15) is 0 Å².